The zero-order chi connectivity index (χ0) is 14.8. The molecular weight excluding hydrogens is 268 g/mol. The molecular formula is C16H18N2O3. The van der Waals surface area contributed by atoms with E-state index >= 15 is 0 Å². The van der Waals surface area contributed by atoms with Crippen molar-refractivity contribution in [3.05, 3.63) is 35.9 Å². The fourth-order valence-electron chi connectivity index (χ4n) is 2.83. The van der Waals surface area contributed by atoms with E-state index in [1.807, 2.05) is 0 Å². The lowest BCUT2D eigenvalue weighted by Crippen LogP contribution is -2.35. The largest absolute Gasteiger partial charge is 0.493 e. The summed E-state index contributed by atoms with van der Waals surface area (Å²) in [5, 5.41) is 4.25. The van der Waals surface area contributed by atoms with Gasteiger partial charge in [-0.3, -0.25) is 4.79 Å². The minimum Gasteiger partial charge on any atom is -0.493 e. The minimum atomic E-state index is -0.238. The summed E-state index contributed by atoms with van der Waals surface area (Å²) in [5.41, 5.74) is 4.21. The summed E-state index contributed by atoms with van der Waals surface area (Å²) in [7, 11) is 3.10. The molecule has 0 aromatic heterocycles. The number of amides is 1. The van der Waals surface area contributed by atoms with Gasteiger partial charge in [-0.05, 0) is 37.0 Å². The number of carbonyl (C=O) groups is 1. The number of carbonyl (C=O) groups excluding carboxylic acids is 1. The van der Waals surface area contributed by atoms with Crippen molar-refractivity contribution in [3.63, 3.8) is 0 Å². The molecule has 0 radical (unpaired) electrons. The number of benzene rings is 1. The van der Waals surface area contributed by atoms with Crippen molar-refractivity contribution in [1.29, 1.82) is 0 Å². The monoisotopic (exact) mass is 286 g/mol. The zero-order valence-corrected chi connectivity index (χ0v) is 12.1. The Hall–Kier alpha value is -2.30. The normalized spacial score (nSPS) is 24.4. The minimum absolute atomic E-state index is 0.238. The molecule has 3 rings (SSSR count). The SMILES string of the molecule is COc1ccc(C(=O)N/N=C2/C[C@H]3C=CC[C@@H]23)cc1OC. The third-order valence-electron chi connectivity index (χ3n) is 4.11. The van der Waals surface area contributed by atoms with Gasteiger partial charge in [0, 0.05) is 17.2 Å². The number of nitrogens with one attached hydrogen (secondary N) is 1. The summed E-state index contributed by atoms with van der Waals surface area (Å²) >= 11 is 0. The van der Waals surface area contributed by atoms with Gasteiger partial charge >= 0.3 is 0 Å². The number of hydrazone groups is 1. The third-order valence-corrected chi connectivity index (χ3v) is 4.11. The third kappa shape index (κ3) is 2.51. The molecule has 0 spiro atoms. The van der Waals surface area contributed by atoms with Crippen LogP contribution in [0, 0.1) is 11.8 Å². The van der Waals surface area contributed by atoms with Crippen molar-refractivity contribution in [1.82, 2.24) is 5.43 Å². The van der Waals surface area contributed by atoms with Crippen molar-refractivity contribution in [3.8, 4) is 11.5 Å². The van der Waals surface area contributed by atoms with Crippen LogP contribution in [0.25, 0.3) is 0 Å². The molecule has 2 aliphatic carbocycles. The Kier molecular flexibility index (Phi) is 3.64. The highest BCUT2D eigenvalue weighted by atomic mass is 16.5. The van der Waals surface area contributed by atoms with E-state index in [2.05, 4.69) is 22.7 Å². The van der Waals surface area contributed by atoms with Crippen LogP contribution in [0.1, 0.15) is 23.2 Å². The number of hydrogen-bond donors (Lipinski definition) is 1. The predicted molar refractivity (Wildman–Crippen MR) is 79.8 cm³/mol. The van der Waals surface area contributed by atoms with E-state index in [1.54, 1.807) is 32.4 Å². The molecule has 1 aromatic rings. The average molecular weight is 286 g/mol. The van der Waals surface area contributed by atoms with Gasteiger partial charge in [0.2, 0.25) is 0 Å². The van der Waals surface area contributed by atoms with Crippen LogP contribution >= 0.6 is 0 Å². The highest BCUT2D eigenvalue weighted by Gasteiger charge is 2.38. The topological polar surface area (TPSA) is 59.9 Å². The summed E-state index contributed by atoms with van der Waals surface area (Å²) in [6.07, 6.45) is 6.41. The van der Waals surface area contributed by atoms with Crippen molar-refractivity contribution in [2.45, 2.75) is 12.8 Å². The van der Waals surface area contributed by atoms with Crippen LogP contribution in [0.3, 0.4) is 0 Å². The summed E-state index contributed by atoms with van der Waals surface area (Å²) in [5.74, 6) is 2.01. The molecule has 0 aliphatic heterocycles. The summed E-state index contributed by atoms with van der Waals surface area (Å²) < 4.78 is 10.3. The number of fused-ring (bicyclic) bond motifs is 1. The lowest BCUT2D eigenvalue weighted by molar-refractivity contribution is 0.0953. The number of nitrogens with zero attached hydrogens (tertiary/aromatic N) is 1. The lowest BCUT2D eigenvalue weighted by atomic mass is 9.74. The second-order valence-corrected chi connectivity index (χ2v) is 5.25. The van der Waals surface area contributed by atoms with E-state index < -0.39 is 0 Å². The molecule has 2 aliphatic rings. The van der Waals surface area contributed by atoms with Crippen molar-refractivity contribution >= 4 is 11.6 Å². The van der Waals surface area contributed by atoms with E-state index in [9.17, 15) is 4.79 Å². The molecule has 1 saturated carbocycles. The van der Waals surface area contributed by atoms with Gasteiger partial charge in [-0.2, -0.15) is 5.10 Å². The van der Waals surface area contributed by atoms with Crippen LogP contribution in [0.5, 0.6) is 11.5 Å². The van der Waals surface area contributed by atoms with Crippen LogP contribution in [0.15, 0.2) is 35.5 Å². The second kappa shape index (κ2) is 5.60. The van der Waals surface area contributed by atoms with E-state index in [4.69, 9.17) is 9.47 Å². The molecule has 5 heteroatoms. The van der Waals surface area contributed by atoms with Crippen molar-refractivity contribution in [2.24, 2.45) is 16.9 Å². The van der Waals surface area contributed by atoms with Gasteiger partial charge in [-0.1, -0.05) is 12.2 Å². The molecule has 1 amide bonds. The van der Waals surface area contributed by atoms with Crippen LogP contribution in [-0.2, 0) is 0 Å². The Bertz CT molecular complexity index is 622. The van der Waals surface area contributed by atoms with Crippen LogP contribution < -0.4 is 14.9 Å². The van der Waals surface area contributed by atoms with E-state index in [0.717, 1.165) is 18.6 Å². The predicted octanol–water partition coefficient (Wildman–Crippen LogP) is 2.39. The standard InChI is InChI=1S/C16H18N2O3/c1-20-14-7-6-11(9-15(14)21-2)16(19)18-17-13-8-10-4-3-5-12(10)13/h3-4,6-7,9-10,12H,5,8H2,1-2H3,(H,18,19)/b17-13-/t10-,12-/m1/s1. The first-order chi connectivity index (χ1) is 10.2. The van der Waals surface area contributed by atoms with E-state index in [-0.39, 0.29) is 5.91 Å². The average Bonchev–Trinajstić information content (AvgIpc) is 2.87. The quantitative estimate of drug-likeness (QED) is 0.683. The molecule has 110 valence electrons. The molecule has 0 unspecified atom stereocenters. The molecule has 0 bridgehead atoms. The number of rotatable bonds is 4. The van der Waals surface area contributed by atoms with E-state index in [1.165, 1.54) is 0 Å². The first-order valence-corrected chi connectivity index (χ1v) is 6.98. The molecule has 0 heterocycles. The van der Waals surface area contributed by atoms with Crippen LogP contribution in [0.2, 0.25) is 0 Å². The molecule has 21 heavy (non-hydrogen) atoms. The molecule has 5 nitrogen and oxygen atoms in total. The number of hydrogen-bond acceptors (Lipinski definition) is 4. The fourth-order valence-corrected chi connectivity index (χ4v) is 2.83. The highest BCUT2D eigenvalue weighted by Crippen LogP contribution is 2.40. The van der Waals surface area contributed by atoms with Gasteiger partial charge < -0.3 is 9.47 Å². The number of methoxy groups -OCH3 is 2. The summed E-state index contributed by atoms with van der Waals surface area (Å²) in [6, 6.07) is 5.05. The van der Waals surface area contributed by atoms with Gasteiger partial charge in [0.25, 0.3) is 5.91 Å². The maximum atomic E-state index is 12.1. The van der Waals surface area contributed by atoms with Crippen LogP contribution in [0.4, 0.5) is 0 Å². The van der Waals surface area contributed by atoms with Gasteiger partial charge in [-0.15, -0.1) is 0 Å². The van der Waals surface area contributed by atoms with Crippen molar-refractivity contribution < 1.29 is 14.3 Å². The van der Waals surface area contributed by atoms with Gasteiger partial charge in [0.05, 0.1) is 14.2 Å². The molecule has 1 fully saturated rings. The Morgan fingerprint density at radius 1 is 1.29 bits per heavy atom. The molecule has 2 atom stereocenters. The maximum absolute atomic E-state index is 12.1. The Morgan fingerprint density at radius 2 is 2.10 bits per heavy atom. The Morgan fingerprint density at radius 3 is 2.81 bits per heavy atom. The molecule has 1 aromatic carbocycles. The second-order valence-electron chi connectivity index (χ2n) is 5.25. The van der Waals surface area contributed by atoms with Gasteiger partial charge in [0.15, 0.2) is 11.5 Å². The molecule has 0 saturated heterocycles. The van der Waals surface area contributed by atoms with E-state index in [0.29, 0.717) is 28.9 Å². The first-order valence-electron chi connectivity index (χ1n) is 6.98. The lowest BCUT2D eigenvalue weighted by Gasteiger charge is -2.31. The Labute approximate surface area is 123 Å². The fraction of sp³-hybridized carbons (Fsp3) is 0.375. The van der Waals surface area contributed by atoms with Gasteiger partial charge in [0.1, 0.15) is 0 Å². The first kappa shape index (κ1) is 13.7. The number of allylic oxidation sites excluding steroid dienone is 2. The molecule has 1 N–H and O–H groups in total. The number of ether oxygens (including phenoxy) is 2. The Balaban J connectivity index is 1.67. The van der Waals surface area contributed by atoms with Gasteiger partial charge in [-0.25, -0.2) is 5.43 Å². The smallest absolute Gasteiger partial charge is 0.271 e. The zero-order valence-electron chi connectivity index (χ0n) is 12.1. The van der Waals surface area contributed by atoms with Crippen molar-refractivity contribution in [2.75, 3.05) is 14.2 Å². The summed E-state index contributed by atoms with van der Waals surface area (Å²) in [6.45, 7) is 0. The van der Waals surface area contributed by atoms with Crippen LogP contribution in [-0.4, -0.2) is 25.8 Å². The maximum Gasteiger partial charge on any atom is 0.271 e. The highest BCUT2D eigenvalue weighted by molar-refractivity contribution is 5.98. The summed E-state index contributed by atoms with van der Waals surface area (Å²) in [4.78, 5) is 12.1.